The number of rotatable bonds is 4. The highest BCUT2D eigenvalue weighted by Crippen LogP contribution is 2.17. The van der Waals surface area contributed by atoms with Crippen molar-refractivity contribution in [3.8, 4) is 0 Å². The molecule has 1 fully saturated rings. The van der Waals surface area contributed by atoms with E-state index in [2.05, 4.69) is 27.7 Å². The smallest absolute Gasteiger partial charge is 0.242 e. The Morgan fingerprint density at radius 3 is 2.48 bits per heavy atom. The second-order valence-corrected chi connectivity index (χ2v) is 8.23. The van der Waals surface area contributed by atoms with Crippen LogP contribution in [-0.2, 0) is 10.0 Å². The van der Waals surface area contributed by atoms with E-state index in [1.807, 2.05) is 0 Å². The van der Waals surface area contributed by atoms with Gasteiger partial charge in [-0.05, 0) is 37.5 Å². The fourth-order valence-corrected chi connectivity index (χ4v) is 3.36. The number of benzene rings is 1. The molecule has 0 saturated carbocycles. The number of piperazine rings is 1. The van der Waals surface area contributed by atoms with Crippen LogP contribution in [0.5, 0.6) is 0 Å². The quantitative estimate of drug-likeness (QED) is 0.756. The topological polar surface area (TPSA) is 67.9 Å². The average Bonchev–Trinajstić information content (AvgIpc) is 2.49. The van der Waals surface area contributed by atoms with Crippen molar-refractivity contribution >= 4 is 33.0 Å². The van der Waals surface area contributed by atoms with Gasteiger partial charge in [-0.3, -0.25) is 5.43 Å². The number of nitrogens with zero attached hydrogens (tertiary/aromatic N) is 3. The number of likely N-dealkylation sites (N-methyl/N-ethyl adjacent to an activating group) is 1. The number of hydrazine groups is 1. The summed E-state index contributed by atoms with van der Waals surface area (Å²) in [7, 11) is 1.65. The zero-order valence-electron chi connectivity index (χ0n) is 13.6. The minimum atomic E-state index is -3.45. The van der Waals surface area contributed by atoms with Crippen LogP contribution in [0.4, 0.5) is 5.69 Å². The summed E-state index contributed by atoms with van der Waals surface area (Å²) in [6.07, 6.45) is 0. The van der Waals surface area contributed by atoms with E-state index in [0.717, 1.165) is 26.2 Å². The van der Waals surface area contributed by atoms with Crippen LogP contribution in [0.3, 0.4) is 0 Å². The van der Waals surface area contributed by atoms with E-state index in [1.165, 1.54) is 18.4 Å². The highest BCUT2D eigenvalue weighted by molar-refractivity contribution is 7.89. The molecule has 0 unspecified atom stereocenters. The first-order valence-electron chi connectivity index (χ1n) is 7.33. The Labute approximate surface area is 143 Å². The summed E-state index contributed by atoms with van der Waals surface area (Å²) >= 11 is 5.30. The van der Waals surface area contributed by atoms with Crippen molar-refractivity contribution in [2.24, 2.45) is 0 Å². The molecule has 7 nitrogen and oxygen atoms in total. The van der Waals surface area contributed by atoms with Gasteiger partial charge in [-0.25, -0.2) is 17.7 Å². The summed E-state index contributed by atoms with van der Waals surface area (Å²) in [5.41, 5.74) is 3.77. The predicted octanol–water partition coefficient (Wildman–Crippen LogP) is 0.386. The molecule has 1 saturated heterocycles. The lowest BCUT2D eigenvalue weighted by atomic mass is 10.3. The SMILES string of the molecule is CN1CCN(NC(=S)Nc2cccc(S(=O)(=O)N(C)C)c2)CC1. The van der Waals surface area contributed by atoms with E-state index in [1.54, 1.807) is 24.3 Å². The Balaban J connectivity index is 1.99. The summed E-state index contributed by atoms with van der Waals surface area (Å²) < 4.78 is 25.5. The zero-order valence-corrected chi connectivity index (χ0v) is 15.2. The maximum Gasteiger partial charge on any atom is 0.242 e. The number of anilines is 1. The number of hydrogen-bond acceptors (Lipinski definition) is 5. The summed E-state index contributed by atoms with van der Waals surface area (Å²) in [5.74, 6) is 0. The predicted molar refractivity (Wildman–Crippen MR) is 95.7 cm³/mol. The van der Waals surface area contributed by atoms with E-state index in [0.29, 0.717) is 10.8 Å². The van der Waals surface area contributed by atoms with Gasteiger partial charge in [-0.1, -0.05) is 6.07 Å². The number of nitrogens with one attached hydrogen (secondary N) is 2. The molecular formula is C14H23N5O2S2. The maximum atomic E-state index is 12.2. The summed E-state index contributed by atoms with van der Waals surface area (Å²) in [6.45, 7) is 3.72. The lowest BCUT2D eigenvalue weighted by Gasteiger charge is -2.33. The van der Waals surface area contributed by atoms with Gasteiger partial charge in [0, 0.05) is 46.0 Å². The molecule has 23 heavy (non-hydrogen) atoms. The molecular weight excluding hydrogens is 334 g/mol. The second-order valence-electron chi connectivity index (χ2n) is 5.67. The van der Waals surface area contributed by atoms with E-state index in [9.17, 15) is 8.42 Å². The molecule has 0 radical (unpaired) electrons. The normalized spacial score (nSPS) is 17.2. The Hall–Kier alpha value is -1.26. The molecule has 0 bridgehead atoms. The lowest BCUT2D eigenvalue weighted by molar-refractivity contribution is 0.131. The van der Waals surface area contributed by atoms with Gasteiger partial charge >= 0.3 is 0 Å². The molecule has 9 heteroatoms. The van der Waals surface area contributed by atoms with Crippen LogP contribution in [0.25, 0.3) is 0 Å². The molecule has 1 aliphatic rings. The monoisotopic (exact) mass is 357 g/mol. The van der Waals surface area contributed by atoms with Crippen LogP contribution in [0, 0.1) is 0 Å². The average molecular weight is 358 g/mol. The first-order chi connectivity index (χ1) is 10.8. The molecule has 128 valence electrons. The maximum absolute atomic E-state index is 12.2. The third-order valence-electron chi connectivity index (χ3n) is 3.63. The molecule has 0 atom stereocenters. The lowest BCUT2D eigenvalue weighted by Crippen LogP contribution is -2.53. The highest BCUT2D eigenvalue weighted by atomic mass is 32.2. The number of hydrogen-bond donors (Lipinski definition) is 2. The molecule has 0 aliphatic carbocycles. The van der Waals surface area contributed by atoms with Gasteiger partial charge < -0.3 is 10.2 Å². The molecule has 2 N–H and O–H groups in total. The van der Waals surface area contributed by atoms with Crippen molar-refractivity contribution in [1.29, 1.82) is 0 Å². The van der Waals surface area contributed by atoms with Crippen LogP contribution in [0.2, 0.25) is 0 Å². The summed E-state index contributed by atoms with van der Waals surface area (Å²) in [4.78, 5) is 2.49. The fourth-order valence-electron chi connectivity index (χ4n) is 2.17. The molecule has 1 aromatic rings. The van der Waals surface area contributed by atoms with Crippen molar-refractivity contribution in [2.45, 2.75) is 4.90 Å². The van der Waals surface area contributed by atoms with Crippen molar-refractivity contribution in [2.75, 3.05) is 52.6 Å². The standard InChI is InChI=1S/C14H23N5O2S2/c1-17(2)23(20,21)13-6-4-5-12(11-13)15-14(22)16-19-9-7-18(3)8-10-19/h4-6,11H,7-10H2,1-3H3,(H2,15,16,22). The molecule has 0 amide bonds. The van der Waals surface area contributed by atoms with Gasteiger partial charge in [0.05, 0.1) is 4.90 Å². The van der Waals surface area contributed by atoms with Crippen molar-refractivity contribution in [3.63, 3.8) is 0 Å². The van der Waals surface area contributed by atoms with E-state index < -0.39 is 10.0 Å². The first-order valence-corrected chi connectivity index (χ1v) is 9.17. The second kappa shape index (κ2) is 7.54. The third kappa shape index (κ3) is 4.85. The molecule has 0 spiro atoms. The van der Waals surface area contributed by atoms with Crippen LogP contribution in [-0.4, -0.2) is 75.1 Å². The van der Waals surface area contributed by atoms with Crippen LogP contribution in [0.15, 0.2) is 29.2 Å². The van der Waals surface area contributed by atoms with Crippen molar-refractivity contribution in [1.82, 2.24) is 19.6 Å². The van der Waals surface area contributed by atoms with Crippen molar-refractivity contribution < 1.29 is 8.42 Å². The number of thiocarbonyl (C=S) groups is 1. The van der Waals surface area contributed by atoms with E-state index in [-0.39, 0.29) is 4.90 Å². The minimum Gasteiger partial charge on any atom is -0.332 e. The van der Waals surface area contributed by atoms with E-state index >= 15 is 0 Å². The highest BCUT2D eigenvalue weighted by Gasteiger charge is 2.18. The van der Waals surface area contributed by atoms with Gasteiger partial charge in [0.1, 0.15) is 0 Å². The summed E-state index contributed by atoms with van der Waals surface area (Å²) in [6, 6.07) is 6.62. The Kier molecular flexibility index (Phi) is 5.93. The molecule has 2 rings (SSSR count). The first kappa shape index (κ1) is 18.1. The van der Waals surface area contributed by atoms with Gasteiger partial charge in [-0.15, -0.1) is 0 Å². The minimum absolute atomic E-state index is 0.231. The Bertz CT molecular complexity index is 655. The van der Waals surface area contributed by atoms with E-state index in [4.69, 9.17) is 12.2 Å². The van der Waals surface area contributed by atoms with Crippen molar-refractivity contribution in [3.05, 3.63) is 24.3 Å². The molecule has 1 aromatic carbocycles. The molecule has 1 aliphatic heterocycles. The molecule has 0 aromatic heterocycles. The van der Waals surface area contributed by atoms with Crippen LogP contribution >= 0.6 is 12.2 Å². The summed E-state index contributed by atoms with van der Waals surface area (Å²) in [5, 5.41) is 5.54. The van der Waals surface area contributed by atoms with Gasteiger partial charge in [-0.2, -0.15) is 0 Å². The molecule has 1 heterocycles. The Morgan fingerprint density at radius 1 is 1.22 bits per heavy atom. The van der Waals surface area contributed by atoms with Gasteiger partial charge in [0.15, 0.2) is 5.11 Å². The fraction of sp³-hybridized carbons (Fsp3) is 0.500. The Morgan fingerprint density at radius 2 is 1.87 bits per heavy atom. The largest absolute Gasteiger partial charge is 0.332 e. The van der Waals surface area contributed by atoms with Gasteiger partial charge in [0.2, 0.25) is 10.0 Å². The number of sulfonamides is 1. The third-order valence-corrected chi connectivity index (χ3v) is 5.64. The van der Waals surface area contributed by atoms with Gasteiger partial charge in [0.25, 0.3) is 0 Å². The zero-order chi connectivity index (χ0) is 17.0. The van der Waals surface area contributed by atoms with Crippen LogP contribution in [0.1, 0.15) is 0 Å². The van der Waals surface area contributed by atoms with Crippen LogP contribution < -0.4 is 10.7 Å².